The number of benzene rings is 2. The van der Waals surface area contributed by atoms with Crippen molar-refractivity contribution in [3.63, 3.8) is 0 Å². The van der Waals surface area contributed by atoms with Gasteiger partial charge in [0.15, 0.2) is 24.6 Å². The lowest BCUT2D eigenvalue weighted by Gasteiger charge is -2.19. The van der Waals surface area contributed by atoms with Crippen LogP contribution in [-0.2, 0) is 32.2 Å². The third-order valence-electron chi connectivity index (χ3n) is 8.76. The topological polar surface area (TPSA) is 285 Å². The van der Waals surface area contributed by atoms with Crippen LogP contribution in [0, 0.1) is 0 Å². The lowest BCUT2D eigenvalue weighted by molar-refractivity contribution is -0.167. The first kappa shape index (κ1) is 42.8. The summed E-state index contributed by atoms with van der Waals surface area (Å²) in [7, 11) is 0. The molecule has 6 amide bonds. The summed E-state index contributed by atoms with van der Waals surface area (Å²) in [6.45, 7) is 5.47. The minimum atomic E-state index is -5.07. The van der Waals surface area contributed by atoms with E-state index in [4.69, 9.17) is 14.2 Å². The molecular formula is C39H35F3N12O9. The number of carbonyl (C=O) groups is 6. The van der Waals surface area contributed by atoms with Crippen molar-refractivity contribution in [3.05, 3.63) is 84.0 Å². The number of aromatic nitrogens is 6. The van der Waals surface area contributed by atoms with E-state index in [1.54, 1.807) is 62.5 Å². The second-order valence-electron chi connectivity index (χ2n) is 14.6. The Morgan fingerprint density at radius 3 is 1.60 bits per heavy atom. The van der Waals surface area contributed by atoms with Gasteiger partial charge in [0.2, 0.25) is 0 Å². The molecule has 4 aromatic heterocycles. The molecule has 2 aliphatic rings. The zero-order valence-electron chi connectivity index (χ0n) is 33.2. The number of rotatable bonds is 8. The number of hydrogen-bond acceptors (Lipinski definition) is 13. The largest absolute Gasteiger partial charge is 0.482 e. The van der Waals surface area contributed by atoms with E-state index in [1.165, 1.54) is 12.5 Å². The van der Waals surface area contributed by atoms with Gasteiger partial charge in [-0.15, -0.1) is 0 Å². The molecule has 0 bridgehead atoms. The average Bonchev–Trinajstić information content (AvgIpc) is 3.84. The molecule has 8 rings (SSSR count). The standard InChI is InChI=1S/C21H22N6O5.C18H13F3N6O4/c1-21(2,3)32-20(30)27-13-8-22-17-16(13)24-10-25-18(17)19(29)23-7-11-4-5-14-12(6-11)26-15(28)9-31-14;19-18(20,21)17(30)27-10-5-22-14-13(10)24-7-25-15(14)16(29)23-4-8-1-2-11-9(3-8)26-12(28)6-31-11/h4-6,8,10,22H,7,9H2,1-3H3,(H,23,29)(H,26,28)(H,27,30);1-3,5,7,22H,4,6H2,(H,23,29)(H,26,28)(H,27,30). The van der Waals surface area contributed by atoms with Gasteiger partial charge < -0.3 is 50.8 Å². The molecule has 8 N–H and O–H groups in total. The fourth-order valence-electron chi connectivity index (χ4n) is 6.03. The Kier molecular flexibility index (Phi) is 11.8. The van der Waals surface area contributed by atoms with E-state index in [-0.39, 0.29) is 66.2 Å². The highest BCUT2D eigenvalue weighted by atomic mass is 19.4. The molecule has 2 aromatic carbocycles. The third-order valence-corrected chi connectivity index (χ3v) is 8.76. The smallest absolute Gasteiger partial charge is 0.471 e. The van der Waals surface area contributed by atoms with E-state index < -0.39 is 35.6 Å². The van der Waals surface area contributed by atoms with Crippen molar-refractivity contribution in [1.29, 1.82) is 0 Å². The van der Waals surface area contributed by atoms with Gasteiger partial charge in [0.1, 0.15) is 40.8 Å². The number of anilines is 4. The molecular weight excluding hydrogens is 837 g/mol. The minimum Gasteiger partial charge on any atom is -0.482 e. The lowest BCUT2D eigenvalue weighted by Crippen LogP contribution is -2.29. The summed E-state index contributed by atoms with van der Waals surface area (Å²) in [5.74, 6) is -2.66. The van der Waals surface area contributed by atoms with E-state index in [1.807, 2.05) is 0 Å². The van der Waals surface area contributed by atoms with Crippen molar-refractivity contribution in [1.82, 2.24) is 40.5 Å². The van der Waals surface area contributed by atoms with E-state index in [2.05, 4.69) is 56.5 Å². The molecule has 6 aromatic rings. The molecule has 6 heterocycles. The Balaban J connectivity index is 0.000000189. The molecule has 0 saturated heterocycles. The van der Waals surface area contributed by atoms with Crippen LogP contribution in [0.25, 0.3) is 22.1 Å². The Bertz CT molecular complexity index is 2800. The summed E-state index contributed by atoms with van der Waals surface area (Å²) in [4.78, 5) is 93.0. The van der Waals surface area contributed by atoms with Crippen LogP contribution in [0.15, 0.2) is 61.4 Å². The summed E-state index contributed by atoms with van der Waals surface area (Å²) in [6.07, 6.45) is -0.850. The van der Waals surface area contributed by atoms with Crippen molar-refractivity contribution in [2.45, 2.75) is 45.6 Å². The molecule has 0 atom stereocenters. The zero-order valence-corrected chi connectivity index (χ0v) is 33.2. The van der Waals surface area contributed by atoms with Crippen LogP contribution in [0.3, 0.4) is 0 Å². The van der Waals surface area contributed by atoms with Gasteiger partial charge in [0.05, 0.1) is 33.8 Å². The monoisotopic (exact) mass is 872 g/mol. The molecule has 0 saturated carbocycles. The molecule has 0 spiro atoms. The zero-order chi connectivity index (χ0) is 45.1. The average molecular weight is 873 g/mol. The number of aromatic amines is 2. The van der Waals surface area contributed by atoms with E-state index in [9.17, 15) is 41.9 Å². The van der Waals surface area contributed by atoms with Gasteiger partial charge in [-0.05, 0) is 56.2 Å². The Labute approximate surface area is 352 Å². The Morgan fingerprint density at radius 2 is 1.16 bits per heavy atom. The maximum atomic E-state index is 12.8. The van der Waals surface area contributed by atoms with Crippen molar-refractivity contribution in [3.8, 4) is 11.5 Å². The molecule has 326 valence electrons. The summed E-state index contributed by atoms with van der Waals surface area (Å²) < 4.78 is 53.3. The summed E-state index contributed by atoms with van der Waals surface area (Å²) in [6, 6.07) is 10.3. The summed E-state index contributed by atoms with van der Waals surface area (Å²) >= 11 is 0. The fraction of sp³-hybridized carbons (Fsp3) is 0.231. The van der Waals surface area contributed by atoms with Crippen molar-refractivity contribution in [2.75, 3.05) is 34.5 Å². The molecule has 2 aliphatic heterocycles. The number of H-pyrrole nitrogens is 2. The van der Waals surface area contributed by atoms with Crippen LogP contribution in [0.4, 0.5) is 40.7 Å². The van der Waals surface area contributed by atoms with Crippen LogP contribution in [0.2, 0.25) is 0 Å². The predicted octanol–water partition coefficient (Wildman–Crippen LogP) is 4.29. The summed E-state index contributed by atoms with van der Waals surface area (Å²) in [5.41, 5.74) is 2.72. The number of halogens is 3. The van der Waals surface area contributed by atoms with Crippen molar-refractivity contribution >= 4 is 80.4 Å². The predicted molar refractivity (Wildman–Crippen MR) is 216 cm³/mol. The first-order chi connectivity index (χ1) is 29.9. The number of hydrogen-bond donors (Lipinski definition) is 8. The Morgan fingerprint density at radius 1 is 0.698 bits per heavy atom. The summed E-state index contributed by atoms with van der Waals surface area (Å²) in [5, 5.41) is 15.1. The van der Waals surface area contributed by atoms with Crippen molar-refractivity contribution < 1.29 is 56.1 Å². The molecule has 0 fully saturated rings. The first-order valence-corrected chi connectivity index (χ1v) is 18.6. The number of carbonyl (C=O) groups excluding carboxylic acids is 6. The maximum absolute atomic E-state index is 12.8. The number of fused-ring (bicyclic) bond motifs is 4. The van der Waals surface area contributed by atoms with Gasteiger partial charge in [-0.25, -0.2) is 24.7 Å². The lowest BCUT2D eigenvalue weighted by atomic mass is 10.1. The number of alkyl halides is 3. The van der Waals surface area contributed by atoms with Crippen molar-refractivity contribution in [2.24, 2.45) is 0 Å². The van der Waals surface area contributed by atoms with E-state index in [0.29, 0.717) is 45.2 Å². The van der Waals surface area contributed by atoms with Crippen LogP contribution < -0.4 is 41.4 Å². The van der Waals surface area contributed by atoms with Crippen LogP contribution in [-0.4, -0.2) is 90.5 Å². The normalized spacial score (nSPS) is 13.1. The van der Waals surface area contributed by atoms with Gasteiger partial charge in [-0.3, -0.25) is 29.3 Å². The second-order valence-corrected chi connectivity index (χ2v) is 14.6. The highest BCUT2D eigenvalue weighted by molar-refractivity contribution is 6.09. The van der Waals surface area contributed by atoms with Gasteiger partial charge in [0, 0.05) is 25.5 Å². The molecule has 21 nitrogen and oxygen atoms in total. The van der Waals surface area contributed by atoms with E-state index >= 15 is 0 Å². The molecule has 0 aliphatic carbocycles. The number of ether oxygens (including phenoxy) is 3. The van der Waals surface area contributed by atoms with Gasteiger partial charge in [-0.1, -0.05) is 12.1 Å². The van der Waals surface area contributed by atoms with Crippen LogP contribution in [0.1, 0.15) is 52.9 Å². The van der Waals surface area contributed by atoms with Gasteiger partial charge in [0.25, 0.3) is 23.6 Å². The number of amides is 6. The number of nitrogens with zero attached hydrogens (tertiary/aromatic N) is 4. The second kappa shape index (κ2) is 17.3. The fourth-order valence-corrected chi connectivity index (χ4v) is 6.03. The quantitative estimate of drug-likeness (QED) is 0.106. The first-order valence-electron chi connectivity index (χ1n) is 18.6. The molecule has 0 unspecified atom stereocenters. The SMILES string of the molecule is CC(C)(C)OC(=O)Nc1c[nH]c2c(C(=O)NCc3ccc4c(c3)NC(=O)CO4)ncnc12.O=C1COc2ccc(CNC(=O)c3ncnc4c(NC(=O)C(F)(F)F)c[nH]c34)cc2N1. The molecule has 63 heavy (non-hydrogen) atoms. The third kappa shape index (κ3) is 10.2. The minimum absolute atomic E-state index is 0.0201. The Hall–Kier alpha value is -8.31. The van der Waals surface area contributed by atoms with Gasteiger partial charge >= 0.3 is 18.2 Å². The van der Waals surface area contributed by atoms with Crippen LogP contribution >= 0.6 is 0 Å². The molecule has 24 heteroatoms. The van der Waals surface area contributed by atoms with E-state index in [0.717, 1.165) is 18.1 Å². The maximum Gasteiger partial charge on any atom is 0.471 e. The molecule has 0 radical (unpaired) electrons. The van der Waals surface area contributed by atoms with Crippen LogP contribution in [0.5, 0.6) is 11.5 Å². The number of nitrogens with one attached hydrogen (secondary N) is 8. The highest BCUT2D eigenvalue weighted by Crippen LogP contribution is 2.30. The highest BCUT2D eigenvalue weighted by Gasteiger charge is 2.39. The van der Waals surface area contributed by atoms with Gasteiger partial charge in [-0.2, -0.15) is 13.2 Å².